The molecule has 0 saturated carbocycles. The van der Waals surface area contributed by atoms with Crippen molar-refractivity contribution >= 4 is 56.2 Å². The molecule has 32 heavy (non-hydrogen) atoms. The van der Waals surface area contributed by atoms with E-state index in [1.165, 1.54) is 15.1 Å². The molecule has 0 saturated heterocycles. The van der Waals surface area contributed by atoms with Crippen molar-refractivity contribution in [2.24, 2.45) is 0 Å². The maximum absolute atomic E-state index is 13.1. The maximum atomic E-state index is 13.1. The molecule has 1 N–H and O–H groups in total. The smallest absolute Gasteiger partial charge is 0.274 e. The van der Waals surface area contributed by atoms with Gasteiger partial charge in [0, 0.05) is 36.3 Å². The van der Waals surface area contributed by atoms with Gasteiger partial charge in [0.05, 0.1) is 10.2 Å². The largest absolute Gasteiger partial charge is 0.312 e. The number of thiophene rings is 1. The summed E-state index contributed by atoms with van der Waals surface area (Å²) >= 11 is 3.40. The molecule has 0 atom stereocenters. The Morgan fingerprint density at radius 2 is 2.03 bits per heavy atom. The summed E-state index contributed by atoms with van der Waals surface area (Å²) in [6.45, 7) is 7.96. The molecule has 168 valence electrons. The van der Waals surface area contributed by atoms with Gasteiger partial charge in [-0.2, -0.15) is 5.10 Å². The number of para-hydroxylation sites is 1. The summed E-state index contributed by atoms with van der Waals surface area (Å²) in [7, 11) is 0. The van der Waals surface area contributed by atoms with Crippen molar-refractivity contribution in [2.45, 2.75) is 39.8 Å². The molecule has 0 aliphatic carbocycles. The lowest BCUT2D eigenvalue weighted by Crippen LogP contribution is -2.30. The van der Waals surface area contributed by atoms with Gasteiger partial charge in [0.2, 0.25) is 0 Å². The second-order valence-corrected chi connectivity index (χ2v) is 9.84. The number of carbonyl (C=O) groups is 1. The van der Waals surface area contributed by atoms with Crippen LogP contribution in [0.3, 0.4) is 0 Å². The fraction of sp³-hybridized carbons (Fsp3) is 0.348. The second-order valence-electron chi connectivity index (χ2n) is 7.71. The molecule has 0 fully saturated rings. The third kappa shape index (κ3) is 4.20. The SMILES string of the molecule is CCCN1CCc2c(sc(NC(=O)c3ccnn3CC)c2-c2nc3ccccc3s2)C1.Cl. The molecule has 9 heteroatoms. The van der Waals surface area contributed by atoms with E-state index in [0.29, 0.717) is 12.2 Å². The summed E-state index contributed by atoms with van der Waals surface area (Å²) in [6, 6.07) is 10.00. The highest BCUT2D eigenvalue weighted by atomic mass is 35.5. The molecule has 0 radical (unpaired) electrons. The fourth-order valence-electron chi connectivity index (χ4n) is 4.20. The highest BCUT2D eigenvalue weighted by Gasteiger charge is 2.28. The van der Waals surface area contributed by atoms with Crippen LogP contribution in [0.5, 0.6) is 0 Å². The zero-order valence-corrected chi connectivity index (χ0v) is 20.6. The molecule has 1 aliphatic rings. The Balaban J connectivity index is 0.00000245. The minimum atomic E-state index is -0.120. The van der Waals surface area contributed by atoms with Crippen LogP contribution in [0, 0.1) is 0 Å². The predicted molar refractivity (Wildman–Crippen MR) is 135 cm³/mol. The van der Waals surface area contributed by atoms with Gasteiger partial charge in [-0.05, 0) is 50.1 Å². The second kappa shape index (κ2) is 9.70. The average molecular weight is 488 g/mol. The van der Waals surface area contributed by atoms with E-state index in [1.807, 2.05) is 19.1 Å². The number of aromatic nitrogens is 3. The normalized spacial score (nSPS) is 13.7. The standard InChI is InChI=1S/C23H25N5OS2.ClH/c1-3-12-27-13-10-15-19(14-27)31-23(26-21(29)17-9-11-24-28(17)4-2)20(15)22-25-16-7-5-6-8-18(16)30-22;/h5-9,11H,3-4,10,12-14H2,1-2H3,(H,26,29);1H. The molecule has 1 amide bonds. The summed E-state index contributed by atoms with van der Waals surface area (Å²) in [6.07, 6.45) is 3.81. The van der Waals surface area contributed by atoms with Crippen LogP contribution < -0.4 is 5.32 Å². The summed E-state index contributed by atoms with van der Waals surface area (Å²) < 4.78 is 2.89. The van der Waals surface area contributed by atoms with Crippen LogP contribution in [-0.4, -0.2) is 38.7 Å². The Morgan fingerprint density at radius 3 is 2.81 bits per heavy atom. The molecule has 1 aliphatic heterocycles. The van der Waals surface area contributed by atoms with Gasteiger partial charge in [-0.15, -0.1) is 35.1 Å². The van der Waals surface area contributed by atoms with E-state index in [-0.39, 0.29) is 18.3 Å². The average Bonchev–Trinajstić information content (AvgIpc) is 3.49. The predicted octanol–water partition coefficient (Wildman–Crippen LogP) is 5.68. The monoisotopic (exact) mass is 487 g/mol. The number of anilines is 1. The lowest BCUT2D eigenvalue weighted by atomic mass is 10.0. The zero-order chi connectivity index (χ0) is 21.4. The Bertz CT molecular complexity index is 1210. The van der Waals surface area contributed by atoms with Gasteiger partial charge in [-0.25, -0.2) is 4.98 Å². The van der Waals surface area contributed by atoms with E-state index in [2.05, 4.69) is 34.4 Å². The van der Waals surface area contributed by atoms with Crippen LogP contribution in [0.25, 0.3) is 20.8 Å². The number of rotatable bonds is 6. The number of benzene rings is 1. The van der Waals surface area contributed by atoms with E-state index in [4.69, 9.17) is 4.98 Å². The Labute approximate surface area is 201 Å². The summed E-state index contributed by atoms with van der Waals surface area (Å²) in [5.41, 5.74) is 4.04. The molecule has 0 bridgehead atoms. The highest BCUT2D eigenvalue weighted by molar-refractivity contribution is 7.23. The Morgan fingerprint density at radius 1 is 1.19 bits per heavy atom. The minimum absolute atomic E-state index is 0. The van der Waals surface area contributed by atoms with Crippen molar-refractivity contribution in [3.8, 4) is 10.6 Å². The van der Waals surface area contributed by atoms with Crippen molar-refractivity contribution in [1.82, 2.24) is 19.7 Å². The van der Waals surface area contributed by atoms with Gasteiger partial charge >= 0.3 is 0 Å². The van der Waals surface area contributed by atoms with Gasteiger partial charge < -0.3 is 5.32 Å². The summed E-state index contributed by atoms with van der Waals surface area (Å²) in [4.78, 5) is 21.9. The summed E-state index contributed by atoms with van der Waals surface area (Å²) in [5.74, 6) is -0.120. The lowest BCUT2D eigenvalue weighted by molar-refractivity contribution is 0.101. The van der Waals surface area contributed by atoms with Crippen LogP contribution >= 0.6 is 35.1 Å². The number of aryl methyl sites for hydroxylation is 1. The zero-order valence-electron chi connectivity index (χ0n) is 18.1. The van der Waals surface area contributed by atoms with Crippen molar-refractivity contribution < 1.29 is 4.79 Å². The van der Waals surface area contributed by atoms with Gasteiger partial charge in [-0.1, -0.05) is 19.1 Å². The van der Waals surface area contributed by atoms with E-state index >= 15 is 0 Å². The van der Waals surface area contributed by atoms with Crippen LogP contribution in [0.1, 0.15) is 41.2 Å². The first-order valence-corrected chi connectivity index (χ1v) is 12.4. The number of nitrogens with one attached hydrogen (secondary N) is 1. The fourth-order valence-corrected chi connectivity index (χ4v) is 6.60. The first-order chi connectivity index (χ1) is 15.2. The van der Waals surface area contributed by atoms with Crippen LogP contribution in [0.2, 0.25) is 0 Å². The topological polar surface area (TPSA) is 63.1 Å². The van der Waals surface area contributed by atoms with Gasteiger partial charge in [-0.3, -0.25) is 14.4 Å². The molecule has 4 aromatic rings. The van der Waals surface area contributed by atoms with Crippen LogP contribution in [0.15, 0.2) is 36.5 Å². The molecule has 6 nitrogen and oxygen atoms in total. The minimum Gasteiger partial charge on any atom is -0.312 e. The third-order valence-electron chi connectivity index (χ3n) is 5.66. The van der Waals surface area contributed by atoms with E-state index < -0.39 is 0 Å². The molecule has 3 aromatic heterocycles. The highest BCUT2D eigenvalue weighted by Crippen LogP contribution is 2.45. The van der Waals surface area contributed by atoms with Gasteiger partial charge in [0.1, 0.15) is 15.7 Å². The molecular weight excluding hydrogens is 462 g/mol. The number of amides is 1. The van der Waals surface area contributed by atoms with Gasteiger partial charge in [0.15, 0.2) is 0 Å². The summed E-state index contributed by atoms with van der Waals surface area (Å²) in [5, 5.41) is 9.33. The van der Waals surface area contributed by atoms with Crippen molar-refractivity contribution in [3.63, 3.8) is 0 Å². The van der Waals surface area contributed by atoms with Crippen molar-refractivity contribution in [1.29, 1.82) is 0 Å². The number of hydrogen-bond donors (Lipinski definition) is 1. The quantitative estimate of drug-likeness (QED) is 0.380. The Kier molecular flexibility index (Phi) is 6.95. The van der Waals surface area contributed by atoms with Crippen molar-refractivity contribution in [3.05, 3.63) is 52.7 Å². The van der Waals surface area contributed by atoms with Crippen LogP contribution in [0.4, 0.5) is 5.00 Å². The maximum Gasteiger partial charge on any atom is 0.274 e. The first kappa shape index (κ1) is 22.9. The number of carbonyl (C=O) groups excluding carboxylic acids is 1. The molecule has 5 rings (SSSR count). The van der Waals surface area contributed by atoms with Crippen molar-refractivity contribution in [2.75, 3.05) is 18.4 Å². The van der Waals surface area contributed by atoms with E-state index in [9.17, 15) is 4.79 Å². The number of nitrogens with zero attached hydrogens (tertiary/aromatic N) is 4. The molecular formula is C23H26ClN5OS2. The molecule has 0 spiro atoms. The number of halogens is 1. The molecule has 0 unspecified atom stereocenters. The third-order valence-corrected chi connectivity index (χ3v) is 7.85. The van der Waals surface area contributed by atoms with Crippen LogP contribution in [-0.2, 0) is 19.5 Å². The van der Waals surface area contributed by atoms with Gasteiger partial charge in [0.25, 0.3) is 5.91 Å². The van der Waals surface area contributed by atoms with E-state index in [1.54, 1.807) is 39.6 Å². The number of thiazole rings is 1. The lowest BCUT2D eigenvalue weighted by Gasteiger charge is -2.26. The number of fused-ring (bicyclic) bond motifs is 2. The number of hydrogen-bond acceptors (Lipinski definition) is 6. The van der Waals surface area contributed by atoms with E-state index in [0.717, 1.165) is 53.6 Å². The molecule has 4 heterocycles. The Hall–Kier alpha value is -2.26. The molecule has 1 aromatic carbocycles. The first-order valence-electron chi connectivity index (χ1n) is 10.7.